The van der Waals surface area contributed by atoms with E-state index in [4.69, 9.17) is 5.11 Å². The first-order valence-corrected chi connectivity index (χ1v) is 3.99. The minimum Gasteiger partial charge on any atom is -0.476 e. The van der Waals surface area contributed by atoms with Crippen molar-refractivity contribution < 1.29 is 36.6 Å². The highest BCUT2D eigenvalue weighted by atomic mass is 19.4. The maximum Gasteiger partial charge on any atom is 0.573 e. The standard InChI is InChI=1S/C8H4F5NO3/c9-2-3-1-4(10)14-5(7(15)16)6(3)17-8(11,12)13/h1H,2H2,(H,15,16). The number of halogens is 5. The molecule has 0 aliphatic heterocycles. The fraction of sp³-hybridized carbons (Fsp3) is 0.250. The van der Waals surface area contributed by atoms with Crippen molar-refractivity contribution in [2.45, 2.75) is 13.0 Å². The van der Waals surface area contributed by atoms with Crippen LogP contribution in [0, 0.1) is 5.95 Å². The lowest BCUT2D eigenvalue weighted by molar-refractivity contribution is -0.275. The van der Waals surface area contributed by atoms with Crippen molar-refractivity contribution >= 4 is 5.97 Å². The quantitative estimate of drug-likeness (QED) is 0.666. The second-order valence-corrected chi connectivity index (χ2v) is 2.77. The maximum absolute atomic E-state index is 12.7. The molecule has 0 spiro atoms. The summed E-state index contributed by atoms with van der Waals surface area (Å²) in [4.78, 5) is 13.2. The molecule has 1 aromatic heterocycles. The Morgan fingerprint density at radius 2 is 2.06 bits per heavy atom. The molecule has 0 unspecified atom stereocenters. The summed E-state index contributed by atoms with van der Waals surface area (Å²) < 4.78 is 64.2. The van der Waals surface area contributed by atoms with Crippen LogP contribution in [0.5, 0.6) is 5.75 Å². The summed E-state index contributed by atoms with van der Waals surface area (Å²) in [6.45, 7) is -1.52. The van der Waals surface area contributed by atoms with Crippen molar-refractivity contribution in [2.75, 3.05) is 0 Å². The number of aromatic carboxylic acids is 1. The molecule has 1 aromatic rings. The van der Waals surface area contributed by atoms with Crippen LogP contribution in [0.15, 0.2) is 6.07 Å². The molecule has 0 fully saturated rings. The predicted octanol–water partition coefficient (Wildman–Crippen LogP) is 2.29. The highest BCUT2D eigenvalue weighted by molar-refractivity contribution is 5.89. The lowest BCUT2D eigenvalue weighted by Crippen LogP contribution is -2.21. The Bertz CT molecular complexity index is 446. The summed E-state index contributed by atoms with van der Waals surface area (Å²) in [6, 6.07) is 0.327. The normalized spacial score (nSPS) is 11.4. The van der Waals surface area contributed by atoms with Gasteiger partial charge in [-0.25, -0.2) is 14.2 Å². The van der Waals surface area contributed by atoms with Gasteiger partial charge in [0.15, 0.2) is 11.4 Å². The van der Waals surface area contributed by atoms with Gasteiger partial charge < -0.3 is 9.84 Å². The van der Waals surface area contributed by atoms with E-state index in [9.17, 15) is 26.7 Å². The zero-order valence-electron chi connectivity index (χ0n) is 7.89. The lowest BCUT2D eigenvalue weighted by Gasteiger charge is -2.13. The number of hydrogen-bond donors (Lipinski definition) is 1. The fourth-order valence-corrected chi connectivity index (χ4v) is 1.03. The van der Waals surface area contributed by atoms with Crippen LogP contribution in [-0.2, 0) is 6.67 Å². The third-order valence-electron chi connectivity index (χ3n) is 1.58. The molecule has 0 atom stereocenters. The second-order valence-electron chi connectivity index (χ2n) is 2.77. The number of ether oxygens (including phenoxy) is 1. The van der Waals surface area contributed by atoms with E-state index in [1.807, 2.05) is 0 Å². The maximum atomic E-state index is 12.7. The highest BCUT2D eigenvalue weighted by Gasteiger charge is 2.35. The molecule has 1 rings (SSSR count). The summed E-state index contributed by atoms with van der Waals surface area (Å²) in [6.07, 6.45) is -5.23. The molecule has 94 valence electrons. The number of nitrogens with zero attached hydrogens (tertiary/aromatic N) is 1. The highest BCUT2D eigenvalue weighted by Crippen LogP contribution is 2.30. The third-order valence-corrected chi connectivity index (χ3v) is 1.58. The van der Waals surface area contributed by atoms with Crippen LogP contribution >= 0.6 is 0 Å². The molecule has 0 aliphatic rings. The number of alkyl halides is 4. The van der Waals surface area contributed by atoms with Crippen molar-refractivity contribution in [1.29, 1.82) is 0 Å². The van der Waals surface area contributed by atoms with E-state index in [1.54, 1.807) is 0 Å². The van der Waals surface area contributed by atoms with E-state index in [0.29, 0.717) is 6.07 Å². The molecule has 17 heavy (non-hydrogen) atoms. The van der Waals surface area contributed by atoms with Gasteiger partial charge in [-0.05, 0) is 0 Å². The number of carboxylic acid groups (broad SMARTS) is 1. The Labute approximate surface area is 90.6 Å². The van der Waals surface area contributed by atoms with Gasteiger partial charge in [0, 0.05) is 11.6 Å². The fourth-order valence-electron chi connectivity index (χ4n) is 1.03. The van der Waals surface area contributed by atoms with Crippen molar-refractivity contribution in [3.05, 3.63) is 23.3 Å². The Balaban J connectivity index is 3.37. The summed E-state index contributed by atoms with van der Waals surface area (Å²) >= 11 is 0. The van der Waals surface area contributed by atoms with Gasteiger partial charge in [0.2, 0.25) is 5.95 Å². The van der Waals surface area contributed by atoms with Crippen LogP contribution in [0.4, 0.5) is 22.0 Å². The van der Waals surface area contributed by atoms with Gasteiger partial charge in [-0.2, -0.15) is 4.39 Å². The molecule has 0 saturated carbocycles. The molecular weight excluding hydrogens is 253 g/mol. The van der Waals surface area contributed by atoms with Gasteiger partial charge in [-0.3, -0.25) is 0 Å². The molecule has 0 aromatic carbocycles. The number of aromatic nitrogens is 1. The number of pyridine rings is 1. The lowest BCUT2D eigenvalue weighted by atomic mass is 10.2. The summed E-state index contributed by atoms with van der Waals surface area (Å²) in [5, 5.41) is 8.51. The van der Waals surface area contributed by atoms with Crippen LogP contribution in [0.3, 0.4) is 0 Å². The van der Waals surface area contributed by atoms with Gasteiger partial charge >= 0.3 is 12.3 Å². The Morgan fingerprint density at radius 3 is 2.47 bits per heavy atom. The average molecular weight is 257 g/mol. The van der Waals surface area contributed by atoms with Crippen molar-refractivity contribution in [3.63, 3.8) is 0 Å². The smallest absolute Gasteiger partial charge is 0.476 e. The molecule has 0 bridgehead atoms. The van der Waals surface area contributed by atoms with E-state index < -0.39 is 42.0 Å². The Kier molecular flexibility index (Phi) is 3.49. The van der Waals surface area contributed by atoms with Crippen LogP contribution in [0.2, 0.25) is 0 Å². The van der Waals surface area contributed by atoms with Gasteiger partial charge in [-0.1, -0.05) is 0 Å². The van der Waals surface area contributed by atoms with E-state index in [0.717, 1.165) is 0 Å². The summed E-state index contributed by atoms with van der Waals surface area (Å²) in [5.74, 6) is -4.73. The molecule has 1 N–H and O–H groups in total. The van der Waals surface area contributed by atoms with E-state index in [2.05, 4.69) is 9.72 Å². The van der Waals surface area contributed by atoms with Gasteiger partial charge in [-0.15, -0.1) is 13.2 Å². The van der Waals surface area contributed by atoms with Gasteiger partial charge in [0.05, 0.1) is 0 Å². The third kappa shape index (κ3) is 3.26. The largest absolute Gasteiger partial charge is 0.573 e. The molecular formula is C8H4F5NO3. The summed E-state index contributed by atoms with van der Waals surface area (Å²) in [5.41, 5.74) is -2.22. The van der Waals surface area contributed by atoms with Gasteiger partial charge in [0.1, 0.15) is 6.67 Å². The topological polar surface area (TPSA) is 59.4 Å². The van der Waals surface area contributed by atoms with Crippen LogP contribution in [-0.4, -0.2) is 22.4 Å². The minimum atomic E-state index is -5.23. The average Bonchev–Trinajstić information content (AvgIpc) is 2.17. The predicted molar refractivity (Wildman–Crippen MR) is 42.6 cm³/mol. The van der Waals surface area contributed by atoms with Crippen molar-refractivity contribution in [3.8, 4) is 5.75 Å². The van der Waals surface area contributed by atoms with Crippen LogP contribution < -0.4 is 4.74 Å². The van der Waals surface area contributed by atoms with E-state index in [1.165, 1.54) is 0 Å². The molecule has 0 amide bonds. The van der Waals surface area contributed by atoms with Crippen molar-refractivity contribution in [1.82, 2.24) is 4.98 Å². The molecule has 0 aliphatic carbocycles. The number of carboxylic acids is 1. The SMILES string of the molecule is O=C(O)c1nc(F)cc(CF)c1OC(F)(F)F. The first kappa shape index (κ1) is 13.1. The first-order chi connectivity index (χ1) is 7.74. The number of hydrogen-bond acceptors (Lipinski definition) is 3. The van der Waals surface area contributed by atoms with Crippen LogP contribution in [0.1, 0.15) is 16.1 Å². The van der Waals surface area contributed by atoms with Gasteiger partial charge in [0.25, 0.3) is 0 Å². The molecule has 0 saturated heterocycles. The summed E-state index contributed by atoms with van der Waals surface area (Å²) in [7, 11) is 0. The molecule has 0 radical (unpaired) electrons. The zero-order valence-corrected chi connectivity index (χ0v) is 7.89. The molecule has 4 nitrogen and oxygen atoms in total. The Hall–Kier alpha value is -1.93. The zero-order chi connectivity index (χ0) is 13.2. The number of rotatable bonds is 3. The number of carbonyl (C=O) groups is 1. The van der Waals surface area contributed by atoms with Crippen molar-refractivity contribution in [2.24, 2.45) is 0 Å². The Morgan fingerprint density at radius 1 is 1.47 bits per heavy atom. The second kappa shape index (κ2) is 4.52. The molecule has 9 heteroatoms. The van der Waals surface area contributed by atoms with E-state index in [-0.39, 0.29) is 0 Å². The monoisotopic (exact) mass is 257 g/mol. The first-order valence-electron chi connectivity index (χ1n) is 3.99. The van der Waals surface area contributed by atoms with Crippen LogP contribution in [0.25, 0.3) is 0 Å². The molecule has 1 heterocycles. The minimum absolute atomic E-state index is 0.327. The van der Waals surface area contributed by atoms with E-state index >= 15 is 0 Å².